The van der Waals surface area contributed by atoms with Crippen molar-refractivity contribution in [2.24, 2.45) is 0 Å². The van der Waals surface area contributed by atoms with Gasteiger partial charge in [-0.3, -0.25) is 0 Å². The highest BCUT2D eigenvalue weighted by Gasteiger charge is 2.27. The van der Waals surface area contributed by atoms with Crippen molar-refractivity contribution < 1.29 is 22.6 Å². The summed E-state index contributed by atoms with van der Waals surface area (Å²) in [5, 5.41) is 1.67. The van der Waals surface area contributed by atoms with E-state index >= 15 is 0 Å². The molecule has 2 N–H and O–H groups in total. The Balaban J connectivity index is 1.95. The van der Waals surface area contributed by atoms with Gasteiger partial charge in [0.15, 0.2) is 0 Å². The molecule has 2 aromatic rings. The first-order valence-electron chi connectivity index (χ1n) is 6.02. The molecule has 0 heterocycles. The summed E-state index contributed by atoms with van der Waals surface area (Å²) in [6, 6.07) is 10.8. The van der Waals surface area contributed by atoms with Crippen molar-refractivity contribution in [3.63, 3.8) is 0 Å². The highest BCUT2D eigenvalue weighted by Crippen LogP contribution is 2.29. The molecule has 0 aromatic heterocycles. The van der Waals surface area contributed by atoms with Crippen LogP contribution in [0.3, 0.4) is 0 Å². The quantitative estimate of drug-likeness (QED) is 0.676. The first-order chi connectivity index (χ1) is 9.47. The Morgan fingerprint density at radius 3 is 2.35 bits per heavy atom. The second-order valence-corrected chi connectivity index (χ2v) is 4.21. The molecule has 3 nitrogen and oxygen atoms in total. The van der Waals surface area contributed by atoms with Gasteiger partial charge < -0.3 is 15.2 Å². The molecule has 0 aliphatic carbocycles. The van der Waals surface area contributed by atoms with Gasteiger partial charge in [0.25, 0.3) is 0 Å². The zero-order chi connectivity index (χ0) is 14.6. The van der Waals surface area contributed by atoms with E-state index < -0.39 is 12.8 Å². The van der Waals surface area contributed by atoms with E-state index in [9.17, 15) is 13.2 Å². The maximum Gasteiger partial charge on any atom is 0.411 e. The minimum atomic E-state index is -4.31. The molecule has 6 heteroatoms. The van der Waals surface area contributed by atoms with Crippen LogP contribution in [0.2, 0.25) is 0 Å². The molecule has 2 rings (SSSR count). The fraction of sp³-hybridized carbons (Fsp3) is 0.286. The van der Waals surface area contributed by atoms with Crippen LogP contribution >= 0.6 is 0 Å². The highest BCUT2D eigenvalue weighted by atomic mass is 19.4. The molecule has 0 aliphatic rings. The summed E-state index contributed by atoms with van der Waals surface area (Å²) < 4.78 is 45.6. The first kappa shape index (κ1) is 14.5. The lowest BCUT2D eigenvalue weighted by atomic mass is 10.1. The standard InChI is InChI=1S/C14H14F3NO2/c15-14(16,17)9-19-7-8-20-13-6-5-12(18)10-3-1-2-4-11(10)13/h1-6H,7-9,18H2. The zero-order valence-corrected chi connectivity index (χ0v) is 10.6. The molecular formula is C14H14F3NO2. The molecule has 0 spiro atoms. The Morgan fingerprint density at radius 2 is 1.65 bits per heavy atom. The van der Waals surface area contributed by atoms with E-state index in [0.717, 1.165) is 10.8 Å². The van der Waals surface area contributed by atoms with Crippen LogP contribution in [0, 0.1) is 0 Å². The Bertz CT molecular complexity index is 584. The number of fused-ring (bicyclic) bond motifs is 1. The number of anilines is 1. The first-order valence-corrected chi connectivity index (χ1v) is 6.02. The maximum atomic E-state index is 11.9. The maximum absolute atomic E-state index is 11.9. The second kappa shape index (κ2) is 6.00. The predicted octanol–water partition coefficient (Wildman–Crippen LogP) is 3.38. The molecule has 0 radical (unpaired) electrons. The Hall–Kier alpha value is -1.95. The van der Waals surface area contributed by atoms with Gasteiger partial charge >= 0.3 is 6.18 Å². The van der Waals surface area contributed by atoms with E-state index in [1.165, 1.54) is 0 Å². The van der Waals surface area contributed by atoms with E-state index in [0.29, 0.717) is 11.4 Å². The predicted molar refractivity (Wildman–Crippen MR) is 70.7 cm³/mol. The average molecular weight is 285 g/mol. The molecule has 0 unspecified atom stereocenters. The SMILES string of the molecule is Nc1ccc(OCCOCC(F)(F)F)c2ccccc12. The van der Waals surface area contributed by atoms with Crippen molar-refractivity contribution in [2.75, 3.05) is 25.6 Å². The van der Waals surface area contributed by atoms with Crippen molar-refractivity contribution >= 4 is 16.5 Å². The van der Waals surface area contributed by atoms with Crippen LogP contribution < -0.4 is 10.5 Å². The van der Waals surface area contributed by atoms with Crippen molar-refractivity contribution in [3.05, 3.63) is 36.4 Å². The van der Waals surface area contributed by atoms with Gasteiger partial charge in [-0.05, 0) is 12.1 Å². The molecule has 0 aliphatic heterocycles. The lowest BCUT2D eigenvalue weighted by molar-refractivity contribution is -0.175. The fourth-order valence-corrected chi connectivity index (χ4v) is 1.82. The molecule has 0 amide bonds. The summed E-state index contributed by atoms with van der Waals surface area (Å²) in [6.07, 6.45) is -4.31. The number of hydrogen-bond acceptors (Lipinski definition) is 3. The Labute approximate surface area is 114 Å². The van der Waals surface area contributed by atoms with Gasteiger partial charge in [0.2, 0.25) is 0 Å². The summed E-state index contributed by atoms with van der Waals surface area (Å²) in [5.41, 5.74) is 6.47. The van der Waals surface area contributed by atoms with Gasteiger partial charge in [0, 0.05) is 16.5 Å². The van der Waals surface area contributed by atoms with Gasteiger partial charge in [-0.2, -0.15) is 13.2 Å². The third-order valence-electron chi connectivity index (χ3n) is 2.67. The normalized spacial score (nSPS) is 11.8. The van der Waals surface area contributed by atoms with E-state index in [4.69, 9.17) is 10.5 Å². The molecule has 2 aromatic carbocycles. The monoisotopic (exact) mass is 285 g/mol. The van der Waals surface area contributed by atoms with Crippen LogP contribution in [0.25, 0.3) is 10.8 Å². The summed E-state index contributed by atoms with van der Waals surface area (Å²) in [7, 11) is 0. The van der Waals surface area contributed by atoms with Gasteiger partial charge in [-0.15, -0.1) is 0 Å². The summed E-state index contributed by atoms with van der Waals surface area (Å²) in [5.74, 6) is 0.574. The Kier molecular flexibility index (Phi) is 4.34. The van der Waals surface area contributed by atoms with E-state index in [2.05, 4.69) is 4.74 Å². The van der Waals surface area contributed by atoms with Gasteiger partial charge in [-0.25, -0.2) is 0 Å². The highest BCUT2D eigenvalue weighted by molar-refractivity contribution is 5.96. The van der Waals surface area contributed by atoms with Gasteiger partial charge in [0.05, 0.1) is 6.61 Å². The molecule has 0 bridgehead atoms. The molecule has 20 heavy (non-hydrogen) atoms. The number of alkyl halides is 3. The summed E-state index contributed by atoms with van der Waals surface area (Å²) in [4.78, 5) is 0. The molecule has 0 fully saturated rings. The lowest BCUT2D eigenvalue weighted by Crippen LogP contribution is -2.19. The van der Waals surface area contributed by atoms with E-state index in [1.807, 2.05) is 24.3 Å². The molecule has 108 valence electrons. The number of nitrogens with two attached hydrogens (primary N) is 1. The van der Waals surface area contributed by atoms with Crippen molar-refractivity contribution in [1.29, 1.82) is 0 Å². The van der Waals surface area contributed by atoms with E-state index in [-0.39, 0.29) is 13.2 Å². The fourth-order valence-electron chi connectivity index (χ4n) is 1.82. The molecule has 0 atom stereocenters. The smallest absolute Gasteiger partial charge is 0.411 e. The average Bonchev–Trinajstić information content (AvgIpc) is 2.40. The third kappa shape index (κ3) is 3.77. The van der Waals surface area contributed by atoms with Crippen LogP contribution in [0.1, 0.15) is 0 Å². The number of hydrogen-bond donors (Lipinski definition) is 1. The topological polar surface area (TPSA) is 44.5 Å². The van der Waals surface area contributed by atoms with Gasteiger partial charge in [-0.1, -0.05) is 24.3 Å². The van der Waals surface area contributed by atoms with Crippen LogP contribution in [0.5, 0.6) is 5.75 Å². The third-order valence-corrected chi connectivity index (χ3v) is 2.67. The summed E-state index contributed by atoms with van der Waals surface area (Å²) >= 11 is 0. The number of halogens is 3. The van der Waals surface area contributed by atoms with Crippen LogP contribution in [0.15, 0.2) is 36.4 Å². The number of benzene rings is 2. The molecule has 0 saturated carbocycles. The van der Waals surface area contributed by atoms with E-state index in [1.54, 1.807) is 12.1 Å². The number of ether oxygens (including phenoxy) is 2. The lowest BCUT2D eigenvalue weighted by Gasteiger charge is -2.11. The van der Waals surface area contributed by atoms with Gasteiger partial charge in [0.1, 0.15) is 19.0 Å². The number of nitrogen functional groups attached to an aromatic ring is 1. The number of rotatable bonds is 5. The Morgan fingerprint density at radius 1 is 0.950 bits per heavy atom. The molecule has 0 saturated heterocycles. The zero-order valence-electron chi connectivity index (χ0n) is 10.6. The minimum Gasteiger partial charge on any atom is -0.491 e. The largest absolute Gasteiger partial charge is 0.491 e. The van der Waals surface area contributed by atoms with Crippen LogP contribution in [0.4, 0.5) is 18.9 Å². The van der Waals surface area contributed by atoms with Crippen LogP contribution in [-0.2, 0) is 4.74 Å². The minimum absolute atomic E-state index is 0.0456. The van der Waals surface area contributed by atoms with Crippen molar-refractivity contribution in [3.8, 4) is 5.75 Å². The van der Waals surface area contributed by atoms with Crippen LogP contribution in [-0.4, -0.2) is 26.0 Å². The van der Waals surface area contributed by atoms with Crippen molar-refractivity contribution in [1.82, 2.24) is 0 Å². The summed E-state index contributed by atoms with van der Waals surface area (Å²) in [6.45, 7) is -1.35. The second-order valence-electron chi connectivity index (χ2n) is 4.21. The van der Waals surface area contributed by atoms with Crippen molar-refractivity contribution in [2.45, 2.75) is 6.18 Å². The molecular weight excluding hydrogens is 271 g/mol.